The second kappa shape index (κ2) is 14.7. The number of phosphoric acid groups is 3. The second-order valence-corrected chi connectivity index (χ2v) is 14.5. The Kier molecular flexibility index (Phi) is 11.7. The van der Waals surface area contributed by atoms with E-state index in [4.69, 9.17) is 9.47 Å². The van der Waals surface area contributed by atoms with Gasteiger partial charge in [-0.15, -0.1) is 0 Å². The molecule has 0 spiro atoms. The molecule has 25 nitrogen and oxygen atoms in total. The Morgan fingerprint density at radius 3 is 1.94 bits per heavy atom. The number of carbonyl (C=O) groups excluding carboxylic acids is 2. The molecule has 3 fully saturated rings. The van der Waals surface area contributed by atoms with Gasteiger partial charge in [0.05, 0.1) is 20.3 Å². The normalized spacial score (nSPS) is 33.6. The fraction of sp³-hybridized carbons (Fsp3) is 0.684. The number of aromatic nitrogens is 2. The van der Waals surface area contributed by atoms with Gasteiger partial charge in [0, 0.05) is 19.2 Å². The van der Waals surface area contributed by atoms with Crippen molar-refractivity contribution >= 4 is 41.2 Å². The standard InChI is InChI=1S/C19H30N5O20P3/c1-38-22-10-2-4-23(18(30)20-10)16-14(28)12(26)8(41-16)6-39-45(32,33)43-47(36,37)44-46(34,35)40-7-9-13(27)15(29)17(42-9)24-5-3-11(25)21-19(24)31/h2,4,8-9,12-17,26-29H,3,5-7H2,1H3,(H,32,33)(H,34,35)(H,36,37)(H,20,22,30)(H,21,25,31). The first-order valence-electron chi connectivity index (χ1n) is 13.0. The molecule has 47 heavy (non-hydrogen) atoms. The number of imide groups is 1. The molecule has 3 amide bonds. The summed E-state index contributed by atoms with van der Waals surface area (Å²) in [7, 11) is -16.1. The minimum atomic E-state index is -5.98. The SMILES string of the molecule is CONc1ccn(C2OC(COP(=O)(O)OP(=O)(O)OP(=O)(O)OCC3OC(N4CCC(=O)NC4=O)C(O)C3O)C(O)C2O)c(=O)n1. The van der Waals surface area contributed by atoms with Gasteiger partial charge < -0.3 is 44.6 Å². The summed E-state index contributed by atoms with van der Waals surface area (Å²) >= 11 is 0. The Bertz CT molecular complexity index is 1530. The molecule has 3 saturated heterocycles. The lowest BCUT2D eigenvalue weighted by molar-refractivity contribution is -0.125. The van der Waals surface area contributed by atoms with E-state index < -0.39 is 103 Å². The minimum absolute atomic E-state index is 0.00612. The van der Waals surface area contributed by atoms with Crippen LogP contribution in [0.5, 0.6) is 0 Å². The number of nitrogens with one attached hydrogen (secondary N) is 2. The van der Waals surface area contributed by atoms with Crippen LogP contribution in [-0.4, -0.2) is 131 Å². The van der Waals surface area contributed by atoms with Crippen LogP contribution in [0.3, 0.4) is 0 Å². The van der Waals surface area contributed by atoms with Crippen LogP contribution in [0, 0.1) is 0 Å². The van der Waals surface area contributed by atoms with Gasteiger partial charge in [-0.05, 0) is 6.07 Å². The number of rotatable bonds is 14. The molecule has 266 valence electrons. The van der Waals surface area contributed by atoms with Crippen molar-refractivity contribution in [1.29, 1.82) is 0 Å². The first-order chi connectivity index (χ1) is 21.8. The molecule has 1 aromatic rings. The van der Waals surface area contributed by atoms with Crippen LogP contribution in [0.1, 0.15) is 12.6 Å². The number of amides is 3. The molecule has 0 aromatic carbocycles. The van der Waals surface area contributed by atoms with E-state index in [-0.39, 0.29) is 18.8 Å². The number of carbonyl (C=O) groups is 2. The summed E-state index contributed by atoms with van der Waals surface area (Å²) in [5.41, 5.74) is 1.33. The molecule has 3 aliphatic heterocycles. The molecule has 0 saturated carbocycles. The molecular weight excluding hydrogens is 711 g/mol. The average molecular weight is 741 g/mol. The maximum atomic E-state index is 12.3. The van der Waals surface area contributed by atoms with E-state index in [1.807, 2.05) is 5.32 Å². The lowest BCUT2D eigenvalue weighted by Gasteiger charge is -2.32. The zero-order valence-electron chi connectivity index (χ0n) is 23.7. The average Bonchev–Trinajstić information content (AvgIpc) is 3.39. The topological polar surface area (TPSA) is 354 Å². The van der Waals surface area contributed by atoms with Gasteiger partial charge in [-0.25, -0.2) is 28.8 Å². The molecule has 28 heteroatoms. The molecular formula is C19H30N5O20P3. The zero-order chi connectivity index (χ0) is 34.9. The third-order valence-corrected chi connectivity index (χ3v) is 10.8. The smallest absolute Gasteiger partial charge is 0.387 e. The zero-order valence-corrected chi connectivity index (χ0v) is 26.4. The van der Waals surface area contributed by atoms with E-state index in [1.54, 1.807) is 0 Å². The lowest BCUT2D eigenvalue weighted by atomic mass is 10.1. The van der Waals surface area contributed by atoms with E-state index in [2.05, 4.69) is 33.0 Å². The van der Waals surface area contributed by atoms with Crippen molar-refractivity contribution in [2.75, 3.05) is 32.3 Å². The summed E-state index contributed by atoms with van der Waals surface area (Å²) in [4.78, 5) is 74.3. The van der Waals surface area contributed by atoms with Gasteiger partial charge in [0.2, 0.25) is 5.91 Å². The summed E-state index contributed by atoms with van der Waals surface area (Å²) < 4.78 is 65.1. The van der Waals surface area contributed by atoms with Crippen LogP contribution >= 0.6 is 23.5 Å². The van der Waals surface area contributed by atoms with Gasteiger partial charge in [0.25, 0.3) is 0 Å². The highest BCUT2D eigenvalue weighted by molar-refractivity contribution is 7.66. The van der Waals surface area contributed by atoms with E-state index in [9.17, 15) is 63.2 Å². The molecule has 0 aliphatic carbocycles. The highest BCUT2D eigenvalue weighted by Crippen LogP contribution is 2.67. The highest BCUT2D eigenvalue weighted by Gasteiger charge is 2.50. The Balaban J connectivity index is 1.29. The first-order valence-corrected chi connectivity index (χ1v) is 17.5. The van der Waals surface area contributed by atoms with Gasteiger partial charge in [0.1, 0.15) is 36.6 Å². The number of aliphatic hydroxyl groups is 4. The van der Waals surface area contributed by atoms with E-state index in [0.29, 0.717) is 0 Å². The van der Waals surface area contributed by atoms with Gasteiger partial charge in [0.15, 0.2) is 18.3 Å². The summed E-state index contributed by atoms with van der Waals surface area (Å²) in [6.45, 7) is -2.41. The summed E-state index contributed by atoms with van der Waals surface area (Å²) in [5, 5.41) is 43.0. The molecule has 1 aromatic heterocycles. The van der Waals surface area contributed by atoms with E-state index in [1.165, 1.54) is 13.2 Å². The predicted octanol–water partition coefficient (Wildman–Crippen LogP) is -3.41. The number of urea groups is 1. The highest BCUT2D eigenvalue weighted by atomic mass is 31.3. The van der Waals surface area contributed by atoms with Gasteiger partial charge >= 0.3 is 35.2 Å². The van der Waals surface area contributed by atoms with Crippen molar-refractivity contribution in [3.8, 4) is 0 Å². The number of ether oxygens (including phenoxy) is 2. The Morgan fingerprint density at radius 1 is 0.894 bits per heavy atom. The maximum Gasteiger partial charge on any atom is 0.490 e. The van der Waals surface area contributed by atoms with Crippen LogP contribution in [-0.2, 0) is 50.5 Å². The van der Waals surface area contributed by atoms with Crippen LogP contribution in [0.2, 0.25) is 0 Å². The number of hydrogen-bond donors (Lipinski definition) is 9. The Labute approximate surface area is 262 Å². The third-order valence-electron chi connectivity index (χ3n) is 6.60. The molecule has 3 aliphatic rings. The molecule has 11 unspecified atom stereocenters. The molecule has 4 rings (SSSR count). The fourth-order valence-corrected chi connectivity index (χ4v) is 7.99. The predicted molar refractivity (Wildman–Crippen MR) is 144 cm³/mol. The quantitative estimate of drug-likeness (QED) is 0.0662. The fourth-order valence-electron chi connectivity index (χ4n) is 4.47. The van der Waals surface area contributed by atoms with Crippen molar-refractivity contribution in [2.45, 2.75) is 55.5 Å². The van der Waals surface area contributed by atoms with Crippen LogP contribution < -0.4 is 16.5 Å². The van der Waals surface area contributed by atoms with Crippen molar-refractivity contribution in [3.63, 3.8) is 0 Å². The molecule has 0 radical (unpaired) electrons. The second-order valence-electron chi connectivity index (χ2n) is 9.86. The van der Waals surface area contributed by atoms with Gasteiger partial charge in [-0.1, -0.05) is 0 Å². The monoisotopic (exact) mass is 741 g/mol. The Hall–Kier alpha value is -2.25. The number of hydrogen-bond acceptors (Lipinski definition) is 19. The van der Waals surface area contributed by atoms with Crippen molar-refractivity contribution in [1.82, 2.24) is 19.8 Å². The third kappa shape index (κ3) is 9.26. The van der Waals surface area contributed by atoms with E-state index in [0.717, 1.165) is 15.7 Å². The number of nitrogens with zero attached hydrogens (tertiary/aromatic N) is 3. The van der Waals surface area contributed by atoms with Crippen LogP contribution in [0.4, 0.5) is 10.6 Å². The first kappa shape index (κ1) is 37.6. The molecule has 11 atom stereocenters. The minimum Gasteiger partial charge on any atom is -0.387 e. The van der Waals surface area contributed by atoms with Crippen LogP contribution in [0.25, 0.3) is 0 Å². The van der Waals surface area contributed by atoms with Crippen molar-refractivity contribution in [2.24, 2.45) is 0 Å². The number of anilines is 1. The summed E-state index contributed by atoms with van der Waals surface area (Å²) in [5.74, 6) is -0.606. The van der Waals surface area contributed by atoms with Crippen molar-refractivity contribution < 1.29 is 90.4 Å². The molecule has 9 N–H and O–H groups in total. The summed E-state index contributed by atoms with van der Waals surface area (Å²) in [6, 6.07) is 0.297. The number of aliphatic hydroxyl groups excluding tert-OH is 4. The largest absolute Gasteiger partial charge is 0.490 e. The van der Waals surface area contributed by atoms with Gasteiger partial charge in [-0.2, -0.15) is 13.6 Å². The molecule has 4 heterocycles. The Morgan fingerprint density at radius 2 is 1.43 bits per heavy atom. The van der Waals surface area contributed by atoms with Crippen LogP contribution in [0.15, 0.2) is 17.1 Å². The molecule has 0 bridgehead atoms. The number of phosphoric ester groups is 2. The van der Waals surface area contributed by atoms with E-state index >= 15 is 0 Å². The summed E-state index contributed by atoms with van der Waals surface area (Å²) in [6.07, 6.45) is -12.6. The van der Waals surface area contributed by atoms with Gasteiger partial charge in [-0.3, -0.25) is 33.5 Å². The maximum absolute atomic E-state index is 12.3. The lowest BCUT2D eigenvalue weighted by Crippen LogP contribution is -2.56. The van der Waals surface area contributed by atoms with Crippen molar-refractivity contribution in [3.05, 3.63) is 22.7 Å².